The van der Waals surface area contributed by atoms with Gasteiger partial charge < -0.3 is 5.32 Å². The molecule has 0 unspecified atom stereocenters. The van der Waals surface area contributed by atoms with Crippen molar-refractivity contribution in [2.45, 2.75) is 6.92 Å². The zero-order valence-electron chi connectivity index (χ0n) is 9.63. The van der Waals surface area contributed by atoms with E-state index >= 15 is 0 Å². The van der Waals surface area contributed by atoms with Crippen LogP contribution in [0.2, 0.25) is 0 Å². The molecule has 1 aromatic rings. The second-order valence-corrected chi connectivity index (χ2v) is 6.07. The molecule has 0 bridgehead atoms. The van der Waals surface area contributed by atoms with Gasteiger partial charge in [0.2, 0.25) is 0 Å². The first kappa shape index (κ1) is 13.4. The lowest BCUT2D eigenvalue weighted by atomic mass is 10.2. The Hall–Kier alpha value is -1.63. The summed E-state index contributed by atoms with van der Waals surface area (Å²) in [6.45, 7) is 2.04. The minimum atomic E-state index is -3.03. The molecule has 0 aromatic heterocycles. The van der Waals surface area contributed by atoms with Gasteiger partial charge in [0.25, 0.3) is 5.69 Å². The largest absolute Gasteiger partial charge is 0.384 e. The first-order valence-corrected chi connectivity index (χ1v) is 7.02. The molecular weight excluding hydrogens is 244 g/mol. The molecule has 94 valence electrons. The lowest BCUT2D eigenvalue weighted by molar-refractivity contribution is -0.384. The second kappa shape index (κ2) is 5.13. The summed E-state index contributed by atoms with van der Waals surface area (Å²) >= 11 is 0. The molecule has 7 heteroatoms. The highest BCUT2D eigenvalue weighted by Gasteiger charge is 2.09. The summed E-state index contributed by atoms with van der Waals surface area (Å²) in [6.07, 6.45) is 1.15. The van der Waals surface area contributed by atoms with Crippen LogP contribution in [0.4, 0.5) is 11.4 Å². The molecule has 0 aliphatic carbocycles. The highest BCUT2D eigenvalue weighted by molar-refractivity contribution is 7.90. The standard InChI is InChI=1S/C10H14N2O4S/c1-8-3-4-9(12(13)14)7-10(8)11-5-6-17(2,15)16/h3-4,7,11H,5-6H2,1-2H3. The fourth-order valence-electron chi connectivity index (χ4n) is 1.29. The average Bonchev–Trinajstić information content (AvgIpc) is 2.18. The van der Waals surface area contributed by atoms with Crippen molar-refractivity contribution >= 4 is 21.2 Å². The molecule has 0 saturated heterocycles. The summed E-state index contributed by atoms with van der Waals surface area (Å²) in [4.78, 5) is 10.1. The number of nitro benzene ring substituents is 1. The maximum Gasteiger partial charge on any atom is 0.271 e. The van der Waals surface area contributed by atoms with Crippen LogP contribution in [-0.4, -0.2) is 31.9 Å². The number of aryl methyl sites for hydroxylation is 1. The summed E-state index contributed by atoms with van der Waals surface area (Å²) < 4.78 is 21.9. The fourth-order valence-corrected chi connectivity index (χ4v) is 1.76. The lowest BCUT2D eigenvalue weighted by Gasteiger charge is -2.08. The topological polar surface area (TPSA) is 89.3 Å². The van der Waals surface area contributed by atoms with Crippen molar-refractivity contribution in [2.24, 2.45) is 0 Å². The summed E-state index contributed by atoms with van der Waals surface area (Å²) in [5.74, 6) is -0.00483. The van der Waals surface area contributed by atoms with Gasteiger partial charge in [-0.2, -0.15) is 0 Å². The van der Waals surface area contributed by atoms with E-state index in [4.69, 9.17) is 0 Å². The van der Waals surface area contributed by atoms with Crippen molar-refractivity contribution in [1.29, 1.82) is 0 Å². The number of hydrogen-bond donors (Lipinski definition) is 1. The van der Waals surface area contributed by atoms with Gasteiger partial charge in [-0.1, -0.05) is 6.07 Å². The minimum Gasteiger partial charge on any atom is -0.384 e. The molecule has 0 saturated carbocycles. The zero-order chi connectivity index (χ0) is 13.1. The number of benzene rings is 1. The number of sulfone groups is 1. The minimum absolute atomic E-state index is 0.00483. The number of nitrogens with zero attached hydrogens (tertiary/aromatic N) is 1. The van der Waals surface area contributed by atoms with E-state index in [0.29, 0.717) is 5.69 Å². The maximum atomic E-state index is 10.9. The number of nitro groups is 1. The van der Waals surface area contributed by atoms with Gasteiger partial charge in [-0.15, -0.1) is 0 Å². The van der Waals surface area contributed by atoms with E-state index in [1.165, 1.54) is 12.1 Å². The summed E-state index contributed by atoms with van der Waals surface area (Å²) in [6, 6.07) is 4.44. The van der Waals surface area contributed by atoms with Gasteiger partial charge in [0.1, 0.15) is 9.84 Å². The Kier molecular flexibility index (Phi) is 4.06. The Morgan fingerprint density at radius 3 is 2.59 bits per heavy atom. The first-order valence-electron chi connectivity index (χ1n) is 4.96. The zero-order valence-corrected chi connectivity index (χ0v) is 10.5. The Morgan fingerprint density at radius 1 is 1.41 bits per heavy atom. The van der Waals surface area contributed by atoms with E-state index in [1.807, 2.05) is 0 Å². The molecule has 0 spiro atoms. The molecule has 0 heterocycles. The number of hydrogen-bond acceptors (Lipinski definition) is 5. The van der Waals surface area contributed by atoms with Gasteiger partial charge >= 0.3 is 0 Å². The summed E-state index contributed by atoms with van der Waals surface area (Å²) in [5.41, 5.74) is 1.41. The SMILES string of the molecule is Cc1ccc([N+](=O)[O-])cc1NCCS(C)(=O)=O. The van der Waals surface area contributed by atoms with Gasteiger partial charge in [0.05, 0.1) is 10.7 Å². The van der Waals surface area contributed by atoms with Crippen molar-refractivity contribution in [2.75, 3.05) is 23.9 Å². The molecule has 0 aliphatic rings. The Morgan fingerprint density at radius 2 is 2.06 bits per heavy atom. The Bertz CT molecular complexity index is 525. The summed E-state index contributed by atoms with van der Waals surface area (Å²) in [5, 5.41) is 13.5. The third-order valence-corrected chi connectivity index (χ3v) is 3.17. The van der Waals surface area contributed by atoms with Crippen LogP contribution in [-0.2, 0) is 9.84 Å². The van der Waals surface area contributed by atoms with Gasteiger partial charge in [-0.3, -0.25) is 10.1 Å². The average molecular weight is 258 g/mol. The van der Waals surface area contributed by atoms with Crippen molar-refractivity contribution in [3.63, 3.8) is 0 Å². The molecule has 0 aliphatic heterocycles. The van der Waals surface area contributed by atoms with Gasteiger partial charge in [-0.25, -0.2) is 8.42 Å². The smallest absolute Gasteiger partial charge is 0.271 e. The van der Waals surface area contributed by atoms with E-state index < -0.39 is 14.8 Å². The van der Waals surface area contributed by atoms with Crippen LogP contribution < -0.4 is 5.32 Å². The van der Waals surface area contributed by atoms with Crippen molar-refractivity contribution in [3.8, 4) is 0 Å². The van der Waals surface area contributed by atoms with Gasteiger partial charge in [0, 0.05) is 30.6 Å². The molecule has 0 atom stereocenters. The van der Waals surface area contributed by atoms with Crippen LogP contribution in [0.3, 0.4) is 0 Å². The summed E-state index contributed by atoms with van der Waals surface area (Å²) in [7, 11) is -3.03. The molecular formula is C10H14N2O4S. The Labute approximate surface area is 99.7 Å². The van der Waals surface area contributed by atoms with Crippen LogP contribution in [0.25, 0.3) is 0 Å². The molecule has 6 nitrogen and oxygen atoms in total. The van der Waals surface area contributed by atoms with Crippen LogP contribution in [0.5, 0.6) is 0 Å². The normalized spacial score (nSPS) is 11.2. The first-order chi connectivity index (χ1) is 7.79. The van der Waals surface area contributed by atoms with Crippen molar-refractivity contribution in [1.82, 2.24) is 0 Å². The van der Waals surface area contributed by atoms with Crippen LogP contribution in [0.15, 0.2) is 18.2 Å². The van der Waals surface area contributed by atoms with E-state index in [2.05, 4.69) is 5.32 Å². The third kappa shape index (κ3) is 4.39. The van der Waals surface area contributed by atoms with Gasteiger partial charge in [-0.05, 0) is 12.5 Å². The number of rotatable bonds is 5. The quantitative estimate of drug-likeness (QED) is 0.636. The van der Waals surface area contributed by atoms with Crippen molar-refractivity contribution in [3.05, 3.63) is 33.9 Å². The number of nitrogens with one attached hydrogen (secondary N) is 1. The predicted octanol–water partition coefficient (Wildman–Crippen LogP) is 1.36. The highest BCUT2D eigenvalue weighted by atomic mass is 32.2. The molecule has 17 heavy (non-hydrogen) atoms. The number of non-ortho nitro benzene ring substituents is 1. The molecule has 1 N–H and O–H groups in total. The van der Waals surface area contributed by atoms with Crippen LogP contribution in [0, 0.1) is 17.0 Å². The van der Waals surface area contributed by atoms with E-state index in [1.54, 1.807) is 13.0 Å². The van der Waals surface area contributed by atoms with Crippen LogP contribution in [0.1, 0.15) is 5.56 Å². The molecule has 0 fully saturated rings. The Balaban J connectivity index is 2.76. The molecule has 1 aromatic carbocycles. The van der Waals surface area contributed by atoms with E-state index in [0.717, 1.165) is 11.8 Å². The second-order valence-electron chi connectivity index (χ2n) is 3.81. The van der Waals surface area contributed by atoms with Crippen molar-refractivity contribution < 1.29 is 13.3 Å². The lowest BCUT2D eigenvalue weighted by Crippen LogP contribution is -2.14. The number of anilines is 1. The third-order valence-electron chi connectivity index (χ3n) is 2.22. The van der Waals surface area contributed by atoms with Gasteiger partial charge in [0.15, 0.2) is 0 Å². The highest BCUT2D eigenvalue weighted by Crippen LogP contribution is 2.21. The van der Waals surface area contributed by atoms with E-state index in [-0.39, 0.29) is 18.0 Å². The molecule has 0 radical (unpaired) electrons. The molecule has 1 rings (SSSR count). The predicted molar refractivity (Wildman–Crippen MR) is 66.0 cm³/mol. The van der Waals surface area contributed by atoms with Crippen LogP contribution >= 0.6 is 0 Å². The maximum absolute atomic E-state index is 10.9. The van der Waals surface area contributed by atoms with E-state index in [9.17, 15) is 18.5 Å². The monoisotopic (exact) mass is 258 g/mol. The fraction of sp³-hybridized carbons (Fsp3) is 0.400. The molecule has 0 amide bonds.